The van der Waals surface area contributed by atoms with Crippen LogP contribution >= 0.6 is 0 Å². The Hall–Kier alpha value is -2.56. The molecule has 4 rings (SSSR count). The van der Waals surface area contributed by atoms with E-state index in [2.05, 4.69) is 0 Å². The molecule has 0 saturated carbocycles. The van der Waals surface area contributed by atoms with Gasteiger partial charge < -0.3 is 14.2 Å². The summed E-state index contributed by atoms with van der Waals surface area (Å²) in [5.41, 5.74) is 1.75. The Morgan fingerprint density at radius 1 is 1.08 bits per heavy atom. The predicted octanol–water partition coefficient (Wildman–Crippen LogP) is 3.34. The highest BCUT2D eigenvalue weighted by atomic mass is 16.3. The molecule has 2 saturated heterocycles. The van der Waals surface area contributed by atoms with Gasteiger partial charge in [-0.05, 0) is 44.0 Å². The van der Waals surface area contributed by atoms with Gasteiger partial charge in [0.25, 0.3) is 5.91 Å². The van der Waals surface area contributed by atoms with E-state index in [0.29, 0.717) is 12.0 Å². The monoisotopic (exact) mass is 352 g/mol. The highest BCUT2D eigenvalue weighted by molar-refractivity contribution is 5.94. The van der Waals surface area contributed by atoms with Crippen LogP contribution in [0.25, 0.3) is 11.3 Å². The van der Waals surface area contributed by atoms with Crippen molar-refractivity contribution in [2.24, 2.45) is 5.41 Å². The van der Waals surface area contributed by atoms with Crippen molar-refractivity contribution in [1.82, 2.24) is 9.80 Å². The van der Waals surface area contributed by atoms with Crippen molar-refractivity contribution in [3.05, 3.63) is 47.7 Å². The number of rotatable bonds is 2. The number of carbonyl (C=O) groups excluding carboxylic acids is 2. The molecule has 0 radical (unpaired) electrons. The van der Waals surface area contributed by atoms with E-state index in [1.54, 1.807) is 0 Å². The SMILES string of the molecule is Cc1ccc(-c2ccc(C(=O)N3CCC4(CC3)CC(=O)N(C)C4)cc2)o1. The minimum absolute atomic E-state index is 0.0692. The summed E-state index contributed by atoms with van der Waals surface area (Å²) >= 11 is 0. The maximum atomic E-state index is 12.8. The molecule has 5 heteroatoms. The second-order valence-corrected chi connectivity index (χ2v) is 7.71. The summed E-state index contributed by atoms with van der Waals surface area (Å²) in [6.07, 6.45) is 2.43. The third kappa shape index (κ3) is 3.02. The van der Waals surface area contributed by atoms with Gasteiger partial charge >= 0.3 is 0 Å². The minimum Gasteiger partial charge on any atom is -0.461 e. The molecule has 0 aliphatic carbocycles. The largest absolute Gasteiger partial charge is 0.461 e. The van der Waals surface area contributed by atoms with E-state index in [4.69, 9.17) is 4.42 Å². The van der Waals surface area contributed by atoms with Gasteiger partial charge in [-0.3, -0.25) is 9.59 Å². The molecular formula is C21H24N2O3. The first kappa shape index (κ1) is 16.9. The van der Waals surface area contributed by atoms with Crippen LogP contribution in [0.15, 0.2) is 40.8 Å². The summed E-state index contributed by atoms with van der Waals surface area (Å²) in [6.45, 7) is 4.18. The lowest BCUT2D eigenvalue weighted by Gasteiger charge is -2.38. The van der Waals surface area contributed by atoms with Crippen molar-refractivity contribution < 1.29 is 14.0 Å². The van der Waals surface area contributed by atoms with Gasteiger partial charge in [0, 0.05) is 49.6 Å². The summed E-state index contributed by atoms with van der Waals surface area (Å²) < 4.78 is 5.63. The zero-order valence-corrected chi connectivity index (χ0v) is 15.3. The average molecular weight is 352 g/mol. The molecule has 0 atom stereocenters. The second kappa shape index (κ2) is 6.31. The van der Waals surface area contributed by atoms with Crippen molar-refractivity contribution in [1.29, 1.82) is 0 Å². The molecule has 2 fully saturated rings. The van der Waals surface area contributed by atoms with E-state index < -0.39 is 0 Å². The van der Waals surface area contributed by atoms with Crippen LogP contribution in [0.5, 0.6) is 0 Å². The van der Waals surface area contributed by atoms with Gasteiger partial charge in [-0.1, -0.05) is 12.1 Å². The summed E-state index contributed by atoms with van der Waals surface area (Å²) in [5.74, 6) is 1.99. The Kier molecular flexibility index (Phi) is 4.10. The highest BCUT2D eigenvalue weighted by Gasteiger charge is 2.44. The fraction of sp³-hybridized carbons (Fsp3) is 0.429. The van der Waals surface area contributed by atoms with E-state index in [9.17, 15) is 9.59 Å². The second-order valence-electron chi connectivity index (χ2n) is 7.71. The normalized spacial score (nSPS) is 19.4. The van der Waals surface area contributed by atoms with Crippen LogP contribution in [0, 0.1) is 12.3 Å². The zero-order chi connectivity index (χ0) is 18.3. The van der Waals surface area contributed by atoms with Crippen LogP contribution in [0.4, 0.5) is 0 Å². The number of furan rings is 1. The van der Waals surface area contributed by atoms with E-state index in [1.165, 1.54) is 0 Å². The molecule has 2 aliphatic heterocycles. The van der Waals surface area contributed by atoms with Crippen molar-refractivity contribution in [2.75, 3.05) is 26.7 Å². The molecular weight excluding hydrogens is 328 g/mol. The molecule has 0 bridgehead atoms. The fourth-order valence-corrected chi connectivity index (χ4v) is 4.17. The molecule has 5 nitrogen and oxygen atoms in total. The number of nitrogens with zero attached hydrogens (tertiary/aromatic N) is 2. The molecule has 2 aliphatic rings. The molecule has 3 heterocycles. The first-order valence-electron chi connectivity index (χ1n) is 9.16. The third-order valence-electron chi connectivity index (χ3n) is 5.79. The Labute approximate surface area is 153 Å². The van der Waals surface area contributed by atoms with Gasteiger partial charge in [-0.25, -0.2) is 0 Å². The number of piperidine rings is 1. The van der Waals surface area contributed by atoms with Crippen molar-refractivity contribution in [3.63, 3.8) is 0 Å². The molecule has 0 unspecified atom stereocenters. The molecule has 1 aromatic heterocycles. The van der Waals surface area contributed by atoms with Gasteiger partial charge in [0.1, 0.15) is 11.5 Å². The zero-order valence-electron chi connectivity index (χ0n) is 15.3. The lowest BCUT2D eigenvalue weighted by Crippen LogP contribution is -2.44. The van der Waals surface area contributed by atoms with Crippen LogP contribution < -0.4 is 0 Å². The number of aryl methyl sites for hydroxylation is 1. The van der Waals surface area contributed by atoms with Gasteiger partial charge in [0.2, 0.25) is 5.91 Å². The van der Waals surface area contributed by atoms with Gasteiger partial charge in [-0.15, -0.1) is 0 Å². The Bertz CT molecular complexity index is 829. The maximum Gasteiger partial charge on any atom is 0.253 e. The fourth-order valence-electron chi connectivity index (χ4n) is 4.17. The van der Waals surface area contributed by atoms with Crippen molar-refractivity contribution in [3.8, 4) is 11.3 Å². The number of benzene rings is 1. The Morgan fingerprint density at radius 3 is 2.31 bits per heavy atom. The summed E-state index contributed by atoms with van der Waals surface area (Å²) in [6, 6.07) is 11.5. The van der Waals surface area contributed by atoms with E-state index in [1.807, 2.05) is 60.2 Å². The van der Waals surface area contributed by atoms with Crippen LogP contribution in [-0.4, -0.2) is 48.3 Å². The quantitative estimate of drug-likeness (QED) is 0.833. The molecule has 2 amide bonds. The van der Waals surface area contributed by atoms with Gasteiger partial charge in [0.05, 0.1) is 0 Å². The number of hydrogen-bond donors (Lipinski definition) is 0. The van der Waals surface area contributed by atoms with Crippen LogP contribution in [0.2, 0.25) is 0 Å². The lowest BCUT2D eigenvalue weighted by molar-refractivity contribution is -0.126. The molecule has 136 valence electrons. The van der Waals surface area contributed by atoms with Crippen LogP contribution in [-0.2, 0) is 4.79 Å². The van der Waals surface area contributed by atoms with Crippen LogP contribution in [0.1, 0.15) is 35.4 Å². The van der Waals surface area contributed by atoms with E-state index >= 15 is 0 Å². The van der Waals surface area contributed by atoms with E-state index in [0.717, 1.165) is 49.6 Å². The lowest BCUT2D eigenvalue weighted by atomic mass is 9.77. The topological polar surface area (TPSA) is 53.8 Å². The molecule has 1 aromatic carbocycles. The number of amides is 2. The third-order valence-corrected chi connectivity index (χ3v) is 5.79. The standard InChI is InChI=1S/C21H24N2O3/c1-15-3-8-18(26-15)16-4-6-17(7-5-16)20(25)23-11-9-21(10-12-23)13-19(24)22(2)14-21/h3-8H,9-14H2,1-2H3. The average Bonchev–Trinajstić information content (AvgIpc) is 3.19. The Morgan fingerprint density at radius 2 is 1.77 bits per heavy atom. The number of hydrogen-bond acceptors (Lipinski definition) is 3. The highest BCUT2D eigenvalue weighted by Crippen LogP contribution is 2.40. The predicted molar refractivity (Wildman–Crippen MR) is 98.7 cm³/mol. The summed E-state index contributed by atoms with van der Waals surface area (Å²) in [4.78, 5) is 28.4. The first-order chi connectivity index (χ1) is 12.5. The number of likely N-dealkylation sites (tertiary alicyclic amines) is 2. The minimum atomic E-state index is 0.0692. The maximum absolute atomic E-state index is 12.8. The van der Waals surface area contributed by atoms with E-state index in [-0.39, 0.29) is 17.2 Å². The van der Waals surface area contributed by atoms with Gasteiger partial charge in [-0.2, -0.15) is 0 Å². The smallest absolute Gasteiger partial charge is 0.253 e. The molecule has 0 N–H and O–H groups in total. The van der Waals surface area contributed by atoms with Crippen molar-refractivity contribution in [2.45, 2.75) is 26.2 Å². The molecule has 1 spiro atoms. The first-order valence-corrected chi connectivity index (χ1v) is 9.16. The van der Waals surface area contributed by atoms with Gasteiger partial charge in [0.15, 0.2) is 0 Å². The summed E-state index contributed by atoms with van der Waals surface area (Å²) in [7, 11) is 1.87. The van der Waals surface area contributed by atoms with Crippen molar-refractivity contribution >= 4 is 11.8 Å². The molecule has 26 heavy (non-hydrogen) atoms. The molecule has 2 aromatic rings. The van der Waals surface area contributed by atoms with Crippen LogP contribution in [0.3, 0.4) is 0 Å². The number of carbonyl (C=O) groups is 2. The summed E-state index contributed by atoms with van der Waals surface area (Å²) in [5, 5.41) is 0. The Balaban J connectivity index is 1.42.